The lowest BCUT2D eigenvalue weighted by Gasteiger charge is -2.21. The largest absolute Gasteiger partial charge is 0.495 e. The van der Waals surface area contributed by atoms with Gasteiger partial charge in [0, 0.05) is 16.4 Å². The summed E-state index contributed by atoms with van der Waals surface area (Å²) in [5.74, 6) is 0.768. The number of amides is 1. The Morgan fingerprint density at radius 2 is 2.00 bits per heavy atom. The molecule has 0 saturated heterocycles. The minimum atomic E-state index is -0.624. The van der Waals surface area contributed by atoms with Crippen LogP contribution in [-0.2, 0) is 4.79 Å². The van der Waals surface area contributed by atoms with Crippen LogP contribution in [0, 0.1) is 5.41 Å². The van der Waals surface area contributed by atoms with Crippen molar-refractivity contribution in [3.05, 3.63) is 21.1 Å². The molecule has 0 fully saturated rings. The SMILES string of the molecule is COc1cc(NC(=O)C(C)(C)CCl)c(Br)cc1Br. The maximum atomic E-state index is 12.0. The van der Waals surface area contributed by atoms with Gasteiger partial charge in [-0.3, -0.25) is 4.79 Å². The van der Waals surface area contributed by atoms with E-state index in [4.69, 9.17) is 16.3 Å². The number of anilines is 1. The van der Waals surface area contributed by atoms with Gasteiger partial charge in [0.2, 0.25) is 5.91 Å². The number of ether oxygens (including phenoxy) is 1. The Bertz CT molecular complexity index is 464. The number of nitrogens with one attached hydrogen (secondary N) is 1. The Morgan fingerprint density at radius 3 is 2.50 bits per heavy atom. The third-order valence-corrected chi connectivity index (χ3v) is 4.38. The summed E-state index contributed by atoms with van der Waals surface area (Å²) in [5.41, 5.74) is 0.0274. The minimum Gasteiger partial charge on any atom is -0.495 e. The van der Waals surface area contributed by atoms with Gasteiger partial charge in [-0.2, -0.15) is 0 Å². The van der Waals surface area contributed by atoms with Crippen molar-refractivity contribution in [1.82, 2.24) is 0 Å². The zero-order valence-electron chi connectivity index (χ0n) is 10.3. The molecule has 0 aromatic heterocycles. The van der Waals surface area contributed by atoms with Crippen molar-refractivity contribution >= 4 is 55.1 Å². The summed E-state index contributed by atoms with van der Waals surface area (Å²) >= 11 is 12.5. The summed E-state index contributed by atoms with van der Waals surface area (Å²) in [5, 5.41) is 2.83. The highest BCUT2D eigenvalue weighted by molar-refractivity contribution is 9.11. The average Bonchev–Trinajstić information content (AvgIpc) is 2.32. The zero-order valence-corrected chi connectivity index (χ0v) is 14.2. The number of rotatable bonds is 4. The summed E-state index contributed by atoms with van der Waals surface area (Å²) in [6.45, 7) is 3.58. The van der Waals surface area contributed by atoms with Crippen LogP contribution in [-0.4, -0.2) is 18.9 Å². The van der Waals surface area contributed by atoms with E-state index in [2.05, 4.69) is 37.2 Å². The van der Waals surface area contributed by atoms with E-state index < -0.39 is 5.41 Å². The van der Waals surface area contributed by atoms with Gasteiger partial charge in [0.15, 0.2) is 0 Å². The summed E-state index contributed by atoms with van der Waals surface area (Å²) in [6.07, 6.45) is 0. The van der Waals surface area contributed by atoms with E-state index in [1.165, 1.54) is 0 Å². The van der Waals surface area contributed by atoms with Gasteiger partial charge in [0.25, 0.3) is 0 Å². The van der Waals surface area contributed by atoms with Crippen LogP contribution in [0.2, 0.25) is 0 Å². The quantitative estimate of drug-likeness (QED) is 0.761. The predicted octanol–water partition coefficient (Wildman–Crippen LogP) is 4.42. The lowest BCUT2D eigenvalue weighted by Crippen LogP contribution is -2.32. The maximum absolute atomic E-state index is 12.0. The molecular weight excluding hydrogens is 385 g/mol. The monoisotopic (exact) mass is 397 g/mol. The molecule has 3 nitrogen and oxygen atoms in total. The molecule has 100 valence electrons. The second kappa shape index (κ2) is 6.26. The number of carbonyl (C=O) groups is 1. The lowest BCUT2D eigenvalue weighted by molar-refractivity contribution is -0.122. The highest BCUT2D eigenvalue weighted by atomic mass is 79.9. The third-order valence-electron chi connectivity index (χ3n) is 2.44. The highest BCUT2D eigenvalue weighted by Crippen LogP contribution is 2.35. The molecule has 1 aromatic rings. The van der Waals surface area contributed by atoms with Gasteiger partial charge < -0.3 is 10.1 Å². The number of hydrogen-bond acceptors (Lipinski definition) is 2. The van der Waals surface area contributed by atoms with Gasteiger partial charge in [0.1, 0.15) is 5.75 Å². The third kappa shape index (κ3) is 3.62. The molecule has 0 unspecified atom stereocenters. The highest BCUT2D eigenvalue weighted by Gasteiger charge is 2.27. The van der Waals surface area contributed by atoms with Crippen LogP contribution in [0.15, 0.2) is 21.1 Å². The van der Waals surface area contributed by atoms with Crippen LogP contribution in [0.5, 0.6) is 5.75 Å². The first-order chi connectivity index (χ1) is 8.31. The second-order valence-electron chi connectivity index (χ2n) is 4.44. The first kappa shape index (κ1) is 15.8. The van der Waals surface area contributed by atoms with Crippen LogP contribution in [0.3, 0.4) is 0 Å². The molecule has 18 heavy (non-hydrogen) atoms. The summed E-state index contributed by atoms with van der Waals surface area (Å²) in [7, 11) is 1.57. The summed E-state index contributed by atoms with van der Waals surface area (Å²) < 4.78 is 6.77. The summed E-state index contributed by atoms with van der Waals surface area (Å²) in [4.78, 5) is 12.0. The maximum Gasteiger partial charge on any atom is 0.231 e. The summed E-state index contributed by atoms with van der Waals surface area (Å²) in [6, 6.07) is 3.57. The van der Waals surface area contributed by atoms with Crippen molar-refractivity contribution in [3.8, 4) is 5.75 Å². The molecule has 6 heteroatoms. The van der Waals surface area contributed by atoms with E-state index in [-0.39, 0.29) is 11.8 Å². The minimum absolute atomic E-state index is 0.137. The van der Waals surface area contributed by atoms with Crippen LogP contribution in [0.4, 0.5) is 5.69 Å². The Hall–Kier alpha value is -0.260. The van der Waals surface area contributed by atoms with Crippen molar-refractivity contribution in [2.45, 2.75) is 13.8 Å². The smallest absolute Gasteiger partial charge is 0.231 e. The van der Waals surface area contributed by atoms with Crippen molar-refractivity contribution in [1.29, 1.82) is 0 Å². The van der Waals surface area contributed by atoms with Crippen molar-refractivity contribution < 1.29 is 9.53 Å². The van der Waals surface area contributed by atoms with Gasteiger partial charge in [-0.25, -0.2) is 0 Å². The average molecular weight is 400 g/mol. The van der Waals surface area contributed by atoms with Gasteiger partial charge >= 0.3 is 0 Å². The second-order valence-corrected chi connectivity index (χ2v) is 6.41. The molecular formula is C12H14Br2ClNO2. The number of hydrogen-bond donors (Lipinski definition) is 1. The zero-order chi connectivity index (χ0) is 13.9. The van der Waals surface area contributed by atoms with E-state index in [1.54, 1.807) is 27.0 Å². The first-order valence-electron chi connectivity index (χ1n) is 5.22. The van der Waals surface area contributed by atoms with Crippen LogP contribution < -0.4 is 10.1 Å². The van der Waals surface area contributed by atoms with Crippen molar-refractivity contribution in [2.24, 2.45) is 5.41 Å². The van der Waals surface area contributed by atoms with Gasteiger partial charge in [-0.1, -0.05) is 0 Å². The van der Waals surface area contributed by atoms with Crippen LogP contribution >= 0.6 is 43.5 Å². The van der Waals surface area contributed by atoms with Crippen LogP contribution in [0.1, 0.15) is 13.8 Å². The van der Waals surface area contributed by atoms with E-state index in [0.29, 0.717) is 11.4 Å². The number of carbonyl (C=O) groups excluding carboxylic acids is 1. The Balaban J connectivity index is 3.01. The fraction of sp³-hybridized carbons (Fsp3) is 0.417. The number of methoxy groups -OCH3 is 1. The van der Waals surface area contributed by atoms with Gasteiger partial charge in [-0.15, -0.1) is 11.6 Å². The van der Waals surface area contributed by atoms with Crippen LogP contribution in [0.25, 0.3) is 0 Å². The van der Waals surface area contributed by atoms with Gasteiger partial charge in [-0.05, 0) is 51.8 Å². The normalized spacial score (nSPS) is 11.2. The predicted molar refractivity (Wildman–Crippen MR) is 81.5 cm³/mol. The molecule has 1 amide bonds. The molecule has 1 N–H and O–H groups in total. The fourth-order valence-corrected chi connectivity index (χ4v) is 2.51. The molecule has 0 heterocycles. The number of halogens is 3. The number of benzene rings is 1. The number of alkyl halides is 1. The standard InChI is InChI=1S/C12H14Br2ClNO2/c1-12(2,6-15)11(17)16-9-5-10(18-3)8(14)4-7(9)13/h4-5H,6H2,1-3H3,(H,16,17). The Labute approximate surface area is 128 Å². The molecule has 0 bridgehead atoms. The molecule has 0 aliphatic rings. The molecule has 0 aliphatic heterocycles. The molecule has 0 atom stereocenters. The molecule has 0 spiro atoms. The molecule has 1 rings (SSSR count). The topological polar surface area (TPSA) is 38.3 Å². The molecule has 0 aliphatic carbocycles. The van der Waals surface area contributed by atoms with E-state index in [1.807, 2.05) is 6.07 Å². The van der Waals surface area contributed by atoms with E-state index in [0.717, 1.165) is 8.95 Å². The fourth-order valence-electron chi connectivity index (χ4n) is 1.13. The Kier molecular flexibility index (Phi) is 5.49. The lowest BCUT2D eigenvalue weighted by atomic mass is 9.95. The molecule has 0 saturated carbocycles. The Morgan fingerprint density at radius 1 is 1.39 bits per heavy atom. The van der Waals surface area contributed by atoms with E-state index >= 15 is 0 Å². The van der Waals surface area contributed by atoms with Crippen molar-refractivity contribution in [2.75, 3.05) is 18.3 Å². The molecule has 1 aromatic carbocycles. The van der Waals surface area contributed by atoms with E-state index in [9.17, 15) is 4.79 Å². The first-order valence-corrected chi connectivity index (χ1v) is 7.34. The molecule has 0 radical (unpaired) electrons. The van der Waals surface area contributed by atoms with Crippen molar-refractivity contribution in [3.63, 3.8) is 0 Å². The van der Waals surface area contributed by atoms with Gasteiger partial charge in [0.05, 0.1) is 22.7 Å².